The number of aromatic nitrogens is 2. The predicted molar refractivity (Wildman–Crippen MR) is 131 cm³/mol. The van der Waals surface area contributed by atoms with Crippen LogP contribution < -0.4 is 25.4 Å². The van der Waals surface area contributed by atoms with Crippen LogP contribution in [0.25, 0.3) is 0 Å². The number of halogens is 1. The number of fused-ring (bicyclic) bond motifs is 1. The van der Waals surface area contributed by atoms with Gasteiger partial charge in [-0.25, -0.2) is 18.1 Å². The minimum absolute atomic E-state index is 0.00315. The van der Waals surface area contributed by atoms with Gasteiger partial charge in [-0.2, -0.15) is 4.98 Å². The van der Waals surface area contributed by atoms with Gasteiger partial charge in [0.2, 0.25) is 22.7 Å². The highest BCUT2D eigenvalue weighted by atomic mass is 35.5. The summed E-state index contributed by atoms with van der Waals surface area (Å²) in [5, 5.41) is 9.89. The Kier molecular flexibility index (Phi) is 8.07. The number of hydrogen-bond acceptors (Lipinski definition) is 8. The summed E-state index contributed by atoms with van der Waals surface area (Å²) in [4.78, 5) is 20.8. The Morgan fingerprint density at radius 1 is 1.24 bits per heavy atom. The van der Waals surface area contributed by atoms with Gasteiger partial charge in [0.15, 0.2) is 5.82 Å². The highest BCUT2D eigenvalue weighted by Gasteiger charge is 2.26. The van der Waals surface area contributed by atoms with Crippen LogP contribution in [0.3, 0.4) is 0 Å². The van der Waals surface area contributed by atoms with Crippen LogP contribution in [0.2, 0.25) is 5.02 Å². The van der Waals surface area contributed by atoms with Crippen molar-refractivity contribution >= 4 is 45.9 Å². The highest BCUT2D eigenvalue weighted by molar-refractivity contribution is 7.70. The third-order valence-corrected chi connectivity index (χ3v) is 7.01. The van der Waals surface area contributed by atoms with Gasteiger partial charge in [-0.05, 0) is 48.4 Å². The quantitative estimate of drug-likeness (QED) is 0.342. The number of rotatable bonds is 8. The summed E-state index contributed by atoms with van der Waals surface area (Å²) in [5.41, 5.74) is 2.69. The lowest BCUT2D eigenvalue weighted by Gasteiger charge is -2.32. The standard InChI is InChI=1S/C22H29ClN6O4S/c1-33-19-9-15-10-20(30)24-7-6-13(15)8-18(19)28-22-25-12-16(23)21(29-22)27-17-5-3-2-4-14(17)11-26-34(31)32/h8-9,12,14,17,34H,2-7,10-11H2,1H3,(H,24,30)(H,26,31,32)(H2,25,27,28,29)/t14-,17-/m1/s1. The number of benzene rings is 1. The van der Waals surface area contributed by atoms with E-state index in [0.717, 1.165) is 43.2 Å². The maximum Gasteiger partial charge on any atom is 0.229 e. The number of nitrogens with one attached hydrogen (secondary N) is 4. The Morgan fingerprint density at radius 3 is 2.85 bits per heavy atom. The Hall–Kier alpha value is -2.63. The van der Waals surface area contributed by atoms with Crippen LogP contribution in [0, 0.1) is 5.92 Å². The molecule has 4 N–H and O–H groups in total. The van der Waals surface area contributed by atoms with Gasteiger partial charge < -0.3 is 20.7 Å². The minimum atomic E-state index is -2.63. The Bertz CT molecular complexity index is 1120. The van der Waals surface area contributed by atoms with E-state index in [9.17, 15) is 13.2 Å². The largest absolute Gasteiger partial charge is 0.495 e. The van der Waals surface area contributed by atoms with Crippen molar-refractivity contribution in [1.29, 1.82) is 0 Å². The highest BCUT2D eigenvalue weighted by Crippen LogP contribution is 2.33. The second kappa shape index (κ2) is 11.2. The summed E-state index contributed by atoms with van der Waals surface area (Å²) >= 11 is 6.39. The monoisotopic (exact) mass is 508 g/mol. The van der Waals surface area contributed by atoms with Gasteiger partial charge in [0, 0.05) is 19.1 Å². The minimum Gasteiger partial charge on any atom is -0.495 e. The lowest BCUT2D eigenvalue weighted by molar-refractivity contribution is -0.120. The van der Waals surface area contributed by atoms with E-state index in [1.54, 1.807) is 7.11 Å². The molecule has 184 valence electrons. The fourth-order valence-electron chi connectivity index (χ4n) is 4.56. The molecule has 1 aromatic heterocycles. The van der Waals surface area contributed by atoms with Crippen LogP contribution in [0.15, 0.2) is 18.3 Å². The molecular weight excluding hydrogens is 480 g/mol. The molecule has 2 heterocycles. The molecule has 0 spiro atoms. The normalized spacial score (nSPS) is 20.3. The molecular formula is C22H29ClN6O4S. The van der Waals surface area contributed by atoms with Crippen molar-refractivity contribution in [3.8, 4) is 5.75 Å². The van der Waals surface area contributed by atoms with Crippen LogP contribution >= 0.6 is 11.6 Å². The number of amides is 1. The molecule has 1 saturated carbocycles. The molecule has 0 saturated heterocycles. The van der Waals surface area contributed by atoms with E-state index in [2.05, 4.69) is 30.6 Å². The molecule has 1 aliphatic carbocycles. The summed E-state index contributed by atoms with van der Waals surface area (Å²) in [6.45, 7) is 0.967. The van der Waals surface area contributed by atoms with E-state index in [1.165, 1.54) is 6.20 Å². The van der Waals surface area contributed by atoms with Gasteiger partial charge in [0.25, 0.3) is 0 Å². The van der Waals surface area contributed by atoms with Crippen molar-refractivity contribution in [3.63, 3.8) is 0 Å². The van der Waals surface area contributed by atoms with Crippen molar-refractivity contribution in [3.05, 3.63) is 34.5 Å². The van der Waals surface area contributed by atoms with Gasteiger partial charge in [0.1, 0.15) is 10.8 Å². The fraction of sp³-hybridized carbons (Fsp3) is 0.500. The molecule has 2 atom stereocenters. The van der Waals surface area contributed by atoms with Crippen molar-refractivity contribution < 1.29 is 17.9 Å². The number of hydrogen-bond donors (Lipinski definition) is 5. The van der Waals surface area contributed by atoms with Gasteiger partial charge in [-0.1, -0.05) is 24.4 Å². The number of methoxy groups -OCH3 is 1. The molecule has 12 heteroatoms. The molecule has 1 aliphatic heterocycles. The first-order chi connectivity index (χ1) is 16.4. The van der Waals surface area contributed by atoms with E-state index in [4.69, 9.17) is 16.3 Å². The smallest absolute Gasteiger partial charge is 0.229 e. The molecule has 0 radical (unpaired) electrons. The van der Waals surface area contributed by atoms with Crippen LogP contribution in [0.5, 0.6) is 5.75 Å². The van der Waals surface area contributed by atoms with Crippen molar-refractivity contribution in [2.75, 3.05) is 30.8 Å². The first kappa shape index (κ1) is 24.5. The second-order valence-electron chi connectivity index (χ2n) is 8.53. The van der Waals surface area contributed by atoms with Crippen LogP contribution in [-0.4, -0.2) is 50.5 Å². The average molecular weight is 509 g/mol. The molecule has 10 nitrogen and oxygen atoms in total. The van der Waals surface area contributed by atoms with Crippen molar-refractivity contribution in [2.45, 2.75) is 44.6 Å². The summed E-state index contributed by atoms with van der Waals surface area (Å²) in [5.74, 6) is 1.57. The third-order valence-electron chi connectivity index (χ3n) is 6.29. The molecule has 2 aliphatic rings. The Morgan fingerprint density at radius 2 is 2.06 bits per heavy atom. The van der Waals surface area contributed by atoms with Crippen LogP contribution in [0.1, 0.15) is 36.8 Å². The van der Waals surface area contributed by atoms with E-state index < -0.39 is 10.9 Å². The van der Waals surface area contributed by atoms with Crippen LogP contribution in [0.4, 0.5) is 17.5 Å². The maximum absolute atomic E-state index is 11.9. The van der Waals surface area contributed by atoms with Gasteiger partial charge >= 0.3 is 0 Å². The van der Waals surface area contributed by atoms with E-state index in [0.29, 0.717) is 47.7 Å². The van der Waals surface area contributed by atoms with E-state index in [-0.39, 0.29) is 17.9 Å². The molecule has 0 unspecified atom stereocenters. The van der Waals surface area contributed by atoms with E-state index >= 15 is 0 Å². The zero-order valence-corrected chi connectivity index (χ0v) is 20.5. The van der Waals surface area contributed by atoms with Crippen LogP contribution in [-0.2, 0) is 28.5 Å². The Balaban J connectivity index is 1.54. The average Bonchev–Trinajstić information content (AvgIpc) is 3.00. The topological polar surface area (TPSA) is 134 Å². The molecule has 4 rings (SSSR count). The summed E-state index contributed by atoms with van der Waals surface area (Å²) in [6.07, 6.45) is 6.50. The zero-order chi connectivity index (χ0) is 24.1. The molecule has 34 heavy (non-hydrogen) atoms. The first-order valence-corrected chi connectivity index (χ1v) is 12.9. The summed E-state index contributed by atoms with van der Waals surface area (Å²) < 4.78 is 30.0. The van der Waals surface area contributed by atoms with Gasteiger partial charge in [-0.3, -0.25) is 4.79 Å². The molecule has 1 fully saturated rings. The first-order valence-electron chi connectivity index (χ1n) is 11.3. The van der Waals surface area contributed by atoms with Gasteiger partial charge in [-0.15, -0.1) is 0 Å². The fourth-order valence-corrected chi connectivity index (χ4v) is 5.09. The van der Waals surface area contributed by atoms with Gasteiger partial charge in [0.05, 0.1) is 25.4 Å². The van der Waals surface area contributed by atoms with E-state index in [1.807, 2.05) is 12.1 Å². The number of anilines is 3. The number of thiol groups is 1. The molecule has 0 bridgehead atoms. The third kappa shape index (κ3) is 6.08. The lowest BCUT2D eigenvalue weighted by atomic mass is 9.84. The second-order valence-corrected chi connectivity index (χ2v) is 9.77. The van der Waals surface area contributed by atoms with Crippen molar-refractivity contribution in [1.82, 2.24) is 20.0 Å². The Labute approximate surface area is 205 Å². The SMILES string of the molecule is COc1cc2c(cc1Nc1ncc(Cl)c(N[C@@H]3CCCC[C@@H]3CN[SH](=O)=O)n1)CCNC(=O)C2. The summed E-state index contributed by atoms with van der Waals surface area (Å²) in [6, 6.07) is 3.88. The maximum atomic E-state index is 11.9. The summed E-state index contributed by atoms with van der Waals surface area (Å²) in [7, 11) is -1.05. The van der Waals surface area contributed by atoms with Crippen molar-refractivity contribution in [2.24, 2.45) is 5.92 Å². The number of nitrogens with zero attached hydrogens (tertiary/aromatic N) is 2. The number of ether oxygens (including phenoxy) is 1. The molecule has 1 amide bonds. The number of carbonyl (C=O) groups excluding carboxylic acids is 1. The lowest BCUT2D eigenvalue weighted by Crippen LogP contribution is -2.38. The molecule has 2 aromatic rings. The number of carbonyl (C=O) groups is 1. The zero-order valence-electron chi connectivity index (χ0n) is 18.9. The molecule has 1 aromatic carbocycles. The predicted octanol–water partition coefficient (Wildman–Crippen LogP) is 2.18.